The summed E-state index contributed by atoms with van der Waals surface area (Å²) < 4.78 is 0. The van der Waals surface area contributed by atoms with Gasteiger partial charge in [-0.25, -0.2) is 0 Å². The molecule has 1 fully saturated rings. The fraction of sp³-hybridized carbons (Fsp3) is 0.444. The lowest BCUT2D eigenvalue weighted by Crippen LogP contribution is -2.42. The zero-order valence-corrected chi connectivity index (χ0v) is 24.7. The molecule has 2 amide bonds. The second-order valence-electron chi connectivity index (χ2n) is 10.9. The van der Waals surface area contributed by atoms with E-state index in [-0.39, 0.29) is 11.9 Å². The van der Waals surface area contributed by atoms with Gasteiger partial charge in [-0.15, -0.1) is 0 Å². The molecule has 4 heteroatoms. The maximum absolute atomic E-state index is 12.5. The van der Waals surface area contributed by atoms with E-state index in [0.717, 1.165) is 31.4 Å². The molecule has 0 aromatic heterocycles. The van der Waals surface area contributed by atoms with Crippen LogP contribution >= 0.6 is 0 Å². The summed E-state index contributed by atoms with van der Waals surface area (Å²) in [6.45, 7) is 8.74. The van der Waals surface area contributed by atoms with Gasteiger partial charge in [0.2, 0.25) is 5.91 Å². The van der Waals surface area contributed by atoms with Crippen LogP contribution in [0.3, 0.4) is 0 Å². The molecule has 0 radical (unpaired) electrons. The highest BCUT2D eigenvalue weighted by molar-refractivity contribution is 6.00. The van der Waals surface area contributed by atoms with Gasteiger partial charge in [0.25, 0.3) is 5.91 Å². The molecular formula is C36H44N2O2. The minimum atomic E-state index is 0.192. The number of aryl methyl sites for hydroxylation is 2. The fourth-order valence-corrected chi connectivity index (χ4v) is 7.40. The normalized spacial score (nSPS) is 22.9. The fourth-order valence-electron chi connectivity index (χ4n) is 7.40. The Morgan fingerprint density at radius 1 is 0.650 bits per heavy atom. The first-order valence-corrected chi connectivity index (χ1v) is 15.6. The molecule has 5 aliphatic rings. The molecule has 0 saturated heterocycles. The maximum Gasteiger partial charge on any atom is 0.255 e. The molecule has 3 unspecified atom stereocenters. The highest BCUT2D eigenvalue weighted by Gasteiger charge is 2.45. The van der Waals surface area contributed by atoms with Crippen LogP contribution in [0, 0.1) is 0 Å². The summed E-state index contributed by atoms with van der Waals surface area (Å²) in [5.41, 5.74) is 8.94. The van der Waals surface area contributed by atoms with Crippen LogP contribution in [0.2, 0.25) is 0 Å². The highest BCUT2D eigenvalue weighted by atomic mass is 16.2. The number of amides is 2. The lowest BCUT2D eigenvalue weighted by Gasteiger charge is -2.34. The van der Waals surface area contributed by atoms with Crippen LogP contribution in [0.25, 0.3) is 0 Å². The number of para-hydroxylation sites is 1. The number of hydrogen-bond acceptors (Lipinski definition) is 2. The molecule has 0 bridgehead atoms. The topological polar surface area (TPSA) is 40.6 Å². The highest BCUT2D eigenvalue weighted by Crippen LogP contribution is 2.51. The van der Waals surface area contributed by atoms with E-state index in [1.165, 1.54) is 59.2 Å². The van der Waals surface area contributed by atoms with Gasteiger partial charge in [-0.2, -0.15) is 0 Å². The number of carbonyl (C=O) groups excluding carboxylic acids is 2. The molecule has 3 atom stereocenters. The molecule has 210 valence electrons. The summed E-state index contributed by atoms with van der Waals surface area (Å²) in [5, 5.41) is 0. The van der Waals surface area contributed by atoms with Crippen LogP contribution in [0.1, 0.15) is 116 Å². The van der Waals surface area contributed by atoms with Crippen LogP contribution in [0.4, 0.5) is 5.69 Å². The van der Waals surface area contributed by atoms with E-state index >= 15 is 0 Å². The van der Waals surface area contributed by atoms with Crippen molar-refractivity contribution in [1.29, 1.82) is 0 Å². The van der Waals surface area contributed by atoms with E-state index < -0.39 is 0 Å². The minimum absolute atomic E-state index is 0.192. The Balaban J connectivity index is 0.000000144. The molecular weight excluding hydrogens is 492 g/mol. The smallest absolute Gasteiger partial charge is 0.255 e. The van der Waals surface area contributed by atoms with E-state index in [2.05, 4.69) is 53.4 Å². The Bertz CT molecular complexity index is 1360. The van der Waals surface area contributed by atoms with Crippen LogP contribution in [-0.2, 0) is 24.2 Å². The summed E-state index contributed by atoms with van der Waals surface area (Å²) in [6, 6.07) is 23.9. The van der Waals surface area contributed by atoms with Crippen molar-refractivity contribution in [3.63, 3.8) is 0 Å². The Kier molecular flexibility index (Phi) is 8.73. The van der Waals surface area contributed by atoms with Crippen molar-refractivity contribution in [3.05, 3.63) is 100 Å². The van der Waals surface area contributed by atoms with Gasteiger partial charge in [0.05, 0.1) is 11.7 Å². The Morgan fingerprint density at radius 3 is 2.15 bits per heavy atom. The van der Waals surface area contributed by atoms with Crippen LogP contribution in [-0.4, -0.2) is 22.8 Å². The van der Waals surface area contributed by atoms with Crippen molar-refractivity contribution < 1.29 is 9.59 Å². The van der Waals surface area contributed by atoms with E-state index in [1.807, 2.05) is 50.8 Å². The monoisotopic (exact) mass is 536 g/mol. The third kappa shape index (κ3) is 4.87. The first-order valence-electron chi connectivity index (χ1n) is 15.6. The van der Waals surface area contributed by atoms with Gasteiger partial charge in [-0.3, -0.25) is 9.59 Å². The summed E-state index contributed by atoms with van der Waals surface area (Å²) >= 11 is 0. The van der Waals surface area contributed by atoms with E-state index in [4.69, 9.17) is 0 Å². The summed E-state index contributed by atoms with van der Waals surface area (Å²) in [6.07, 6.45) is 8.81. The lowest BCUT2D eigenvalue weighted by molar-refractivity contribution is -0.119. The number of carbonyl (C=O) groups is 2. The predicted octanol–water partition coefficient (Wildman–Crippen LogP) is 8.39. The van der Waals surface area contributed by atoms with Crippen molar-refractivity contribution in [2.75, 3.05) is 4.90 Å². The van der Waals surface area contributed by atoms with Gasteiger partial charge in [-0.05, 0) is 66.0 Å². The molecule has 0 N–H and O–H groups in total. The van der Waals surface area contributed by atoms with Crippen LogP contribution in [0.15, 0.2) is 66.7 Å². The van der Waals surface area contributed by atoms with E-state index in [0.29, 0.717) is 24.3 Å². The third-order valence-corrected chi connectivity index (χ3v) is 9.06. The third-order valence-electron chi connectivity index (χ3n) is 9.06. The van der Waals surface area contributed by atoms with Gasteiger partial charge >= 0.3 is 0 Å². The van der Waals surface area contributed by atoms with Crippen LogP contribution < -0.4 is 4.90 Å². The van der Waals surface area contributed by atoms with E-state index in [1.54, 1.807) is 0 Å². The Hall–Kier alpha value is -3.40. The number of rotatable bonds is 0. The second kappa shape index (κ2) is 12.4. The standard InChI is InChI=1S/C17H15NO.C15H17NO.2C2H6/c19-17-15-8-4-3-7-14(15)16-10-9-12-5-1-2-6-13(12)11-18(16)17;17-14-9-8-10-4-3-6-12-11-5-1-2-7-13(11)16(14)15(10)12;2*1-2/h1-8,16H,9-11H2;3-4,6,11,13H,1-2,5,7-9H2;2*1-2H3. The molecule has 4 heterocycles. The van der Waals surface area contributed by atoms with Crippen LogP contribution in [0.5, 0.6) is 0 Å². The van der Waals surface area contributed by atoms with Gasteiger partial charge in [0.1, 0.15) is 0 Å². The zero-order chi connectivity index (χ0) is 28.2. The predicted molar refractivity (Wildman–Crippen MR) is 164 cm³/mol. The number of benzene rings is 3. The van der Waals surface area contributed by atoms with E-state index in [9.17, 15) is 9.59 Å². The molecule has 3 aromatic carbocycles. The van der Waals surface area contributed by atoms with Gasteiger partial charge < -0.3 is 9.80 Å². The Morgan fingerprint density at radius 2 is 1.32 bits per heavy atom. The summed E-state index contributed by atoms with van der Waals surface area (Å²) in [5.74, 6) is 1.18. The average Bonchev–Trinajstić information content (AvgIpc) is 3.41. The summed E-state index contributed by atoms with van der Waals surface area (Å²) in [7, 11) is 0. The van der Waals surface area contributed by atoms with Gasteiger partial charge in [0, 0.05) is 30.5 Å². The van der Waals surface area contributed by atoms with Crippen molar-refractivity contribution in [3.8, 4) is 0 Å². The average molecular weight is 537 g/mol. The SMILES string of the molecule is CC.CC.O=C1CCc2cccc3c2N1C1CCCCC31.O=C1c2ccccc2C2CCc3ccccc3CN12. The molecule has 1 saturated carbocycles. The van der Waals surface area contributed by atoms with Gasteiger partial charge in [-0.1, -0.05) is 101 Å². The molecule has 1 aliphatic carbocycles. The van der Waals surface area contributed by atoms with Gasteiger partial charge in [0.15, 0.2) is 0 Å². The van der Waals surface area contributed by atoms with Crippen molar-refractivity contribution >= 4 is 17.5 Å². The zero-order valence-electron chi connectivity index (χ0n) is 24.7. The molecule has 40 heavy (non-hydrogen) atoms. The largest absolute Gasteiger partial charge is 0.327 e. The van der Waals surface area contributed by atoms with Crippen molar-refractivity contribution in [2.45, 2.75) is 104 Å². The van der Waals surface area contributed by atoms with Crippen molar-refractivity contribution in [1.82, 2.24) is 4.90 Å². The number of fused-ring (bicyclic) bond motifs is 7. The molecule has 4 nitrogen and oxygen atoms in total. The molecule has 8 rings (SSSR count). The van der Waals surface area contributed by atoms with Crippen molar-refractivity contribution in [2.24, 2.45) is 0 Å². The molecule has 3 aromatic rings. The lowest BCUT2D eigenvalue weighted by atomic mass is 9.82. The summed E-state index contributed by atoms with van der Waals surface area (Å²) in [4.78, 5) is 28.9. The minimum Gasteiger partial charge on any atom is -0.327 e. The molecule has 4 aliphatic heterocycles. The maximum atomic E-state index is 12.5. The quantitative estimate of drug-likeness (QED) is 0.289. The first kappa shape index (κ1) is 28.1. The second-order valence-corrected chi connectivity index (χ2v) is 10.9. The molecule has 0 spiro atoms. The Labute approximate surface area is 240 Å². The first-order chi connectivity index (χ1) is 19.7. The number of hydrogen-bond donors (Lipinski definition) is 0. The number of anilines is 1. The number of nitrogens with zero attached hydrogens (tertiary/aromatic N) is 2.